The van der Waals surface area contributed by atoms with Gasteiger partial charge in [-0.05, 0) is 49.2 Å². The van der Waals surface area contributed by atoms with Gasteiger partial charge in [0.2, 0.25) is 11.7 Å². The first-order valence-corrected chi connectivity index (χ1v) is 15.9. The van der Waals surface area contributed by atoms with Crippen LogP contribution in [-0.4, -0.2) is 78.4 Å². The smallest absolute Gasteiger partial charge is 0.416 e. The predicted molar refractivity (Wildman–Crippen MR) is 168 cm³/mol. The van der Waals surface area contributed by atoms with Gasteiger partial charge in [-0.1, -0.05) is 17.7 Å². The maximum atomic E-state index is 16.5. The summed E-state index contributed by atoms with van der Waals surface area (Å²) < 4.78 is 70.1. The number of aromatic nitrogens is 5. The van der Waals surface area contributed by atoms with Gasteiger partial charge in [-0.25, -0.2) is 9.37 Å². The number of pyridine rings is 1. The molecular weight excluding hydrogens is 690 g/mol. The van der Waals surface area contributed by atoms with Crippen molar-refractivity contribution in [1.29, 1.82) is 0 Å². The molecule has 1 spiro atoms. The van der Waals surface area contributed by atoms with Gasteiger partial charge in [0.25, 0.3) is 11.5 Å². The first-order valence-electron chi connectivity index (χ1n) is 15.5. The highest BCUT2D eigenvalue weighted by atomic mass is 35.5. The molecule has 1 saturated heterocycles. The van der Waals surface area contributed by atoms with Crippen molar-refractivity contribution < 1.29 is 41.7 Å². The number of benzene rings is 1. The second-order valence-corrected chi connectivity index (χ2v) is 12.5. The zero-order valence-electron chi connectivity index (χ0n) is 26.2. The fraction of sp³-hybridized carbons (Fsp3) is 0.375. The molecule has 18 heteroatoms. The fourth-order valence-electron chi connectivity index (χ4n) is 6.67. The Morgan fingerprint density at radius 2 is 2.04 bits per heavy atom. The summed E-state index contributed by atoms with van der Waals surface area (Å²) in [5.41, 5.74) is -3.16. The number of piperidine rings is 1. The number of rotatable bonds is 5. The molecule has 3 aliphatic rings. The molecule has 0 bridgehead atoms. The summed E-state index contributed by atoms with van der Waals surface area (Å²) >= 11 is 6.09. The number of hydrogen-bond acceptors (Lipinski definition) is 9. The van der Waals surface area contributed by atoms with Crippen LogP contribution in [0.4, 0.5) is 23.2 Å². The number of halogens is 5. The van der Waals surface area contributed by atoms with Gasteiger partial charge in [0.05, 0.1) is 53.4 Å². The zero-order valence-corrected chi connectivity index (χ0v) is 27.0. The number of likely N-dealkylation sites (tertiary alicyclic amines) is 1. The largest absolute Gasteiger partial charge is 0.505 e. The van der Waals surface area contributed by atoms with Crippen LogP contribution in [0.15, 0.2) is 47.4 Å². The number of ether oxygens (including phenoxy) is 2. The molecule has 0 aliphatic carbocycles. The molecule has 262 valence electrons. The van der Waals surface area contributed by atoms with E-state index in [0.717, 1.165) is 16.6 Å². The Balaban J connectivity index is 1.29. The fourth-order valence-corrected chi connectivity index (χ4v) is 6.90. The van der Waals surface area contributed by atoms with Gasteiger partial charge >= 0.3 is 6.18 Å². The normalized spacial score (nSPS) is 22.1. The number of carbonyl (C=O) groups excluding carboxylic acids is 2. The monoisotopic (exact) mass is 717 g/mol. The van der Waals surface area contributed by atoms with E-state index in [4.69, 9.17) is 21.1 Å². The SMILES string of the molecule is C[C@@H]1O[C@@]2(CCN(C(=O)c3ncccc3O)C[C@H]2F)c2c1n(CC(=O)Nc1ccc(C(F)(F)F)cc1Cl)c1nc(C3=CCOCC3)nn1c2=O. The molecule has 13 nitrogen and oxygen atoms in total. The molecular formula is C32H28ClF4N7O6. The van der Waals surface area contributed by atoms with Crippen molar-refractivity contribution in [2.75, 3.05) is 31.6 Å². The number of alkyl halides is 4. The Morgan fingerprint density at radius 3 is 2.72 bits per heavy atom. The van der Waals surface area contributed by atoms with E-state index in [-0.39, 0.29) is 58.0 Å². The summed E-state index contributed by atoms with van der Waals surface area (Å²) in [6, 6.07) is 5.21. The minimum absolute atomic E-state index is 0.0500. The average molecular weight is 718 g/mol. The zero-order chi connectivity index (χ0) is 35.5. The highest BCUT2D eigenvalue weighted by Crippen LogP contribution is 2.49. The highest BCUT2D eigenvalue weighted by molar-refractivity contribution is 6.33. The van der Waals surface area contributed by atoms with Crippen LogP contribution in [0.5, 0.6) is 5.75 Å². The van der Waals surface area contributed by atoms with E-state index in [0.29, 0.717) is 31.3 Å². The maximum absolute atomic E-state index is 16.5. The van der Waals surface area contributed by atoms with Crippen molar-refractivity contribution in [3.05, 3.63) is 86.3 Å². The van der Waals surface area contributed by atoms with Gasteiger partial charge in [0.15, 0.2) is 17.7 Å². The third-order valence-corrected chi connectivity index (χ3v) is 9.33. The van der Waals surface area contributed by atoms with Crippen LogP contribution in [0.3, 0.4) is 0 Å². The lowest BCUT2D eigenvalue weighted by Gasteiger charge is -2.41. The Kier molecular flexibility index (Phi) is 8.39. The van der Waals surface area contributed by atoms with Crippen molar-refractivity contribution in [1.82, 2.24) is 29.0 Å². The Bertz CT molecular complexity index is 2140. The third kappa shape index (κ3) is 5.68. The minimum Gasteiger partial charge on any atom is -0.505 e. The number of nitrogens with one attached hydrogen (secondary N) is 1. The lowest BCUT2D eigenvalue weighted by Crippen LogP contribution is -2.55. The van der Waals surface area contributed by atoms with Crippen LogP contribution in [0.2, 0.25) is 5.02 Å². The number of aromatic hydroxyl groups is 1. The molecule has 50 heavy (non-hydrogen) atoms. The molecule has 2 N–H and O–H groups in total. The molecule has 6 heterocycles. The molecule has 4 aromatic rings. The van der Waals surface area contributed by atoms with Gasteiger partial charge in [0.1, 0.15) is 17.9 Å². The summed E-state index contributed by atoms with van der Waals surface area (Å²) in [5.74, 6) is -1.67. The van der Waals surface area contributed by atoms with Crippen molar-refractivity contribution in [3.8, 4) is 5.75 Å². The second-order valence-electron chi connectivity index (χ2n) is 12.1. The van der Waals surface area contributed by atoms with Crippen molar-refractivity contribution in [3.63, 3.8) is 0 Å². The van der Waals surface area contributed by atoms with Gasteiger partial charge in [-0.15, -0.1) is 5.10 Å². The summed E-state index contributed by atoms with van der Waals surface area (Å²) in [7, 11) is 0. The third-order valence-electron chi connectivity index (χ3n) is 9.02. The standard InChI is InChI=1S/C32H28ClF4N7O6/c1-16-26-24(31(50-16)8-10-42(14-22(31)34)29(48)25-21(45)3-2-9-38-25)28(47)44-30(40-27(41-44)17-6-11-49-12-7-17)43(26)15-23(46)39-20-5-4-18(13-19(20)33)32(35,36)37/h2-6,9,13,16,22,45H,7-8,10-12,14-15H2,1H3,(H,39,46)/t16-,22+,31+/m0/s1. The van der Waals surface area contributed by atoms with Gasteiger partial charge in [-0.3, -0.25) is 14.4 Å². The summed E-state index contributed by atoms with van der Waals surface area (Å²) in [4.78, 5) is 50.6. The van der Waals surface area contributed by atoms with E-state index in [9.17, 15) is 32.7 Å². The predicted octanol–water partition coefficient (Wildman–Crippen LogP) is 4.28. The van der Waals surface area contributed by atoms with Gasteiger partial charge < -0.3 is 29.4 Å². The molecule has 1 fully saturated rings. The number of anilines is 1. The van der Waals surface area contributed by atoms with E-state index in [1.807, 2.05) is 0 Å². The van der Waals surface area contributed by atoms with E-state index in [1.54, 1.807) is 13.0 Å². The number of carbonyl (C=O) groups is 2. The number of hydrogen-bond donors (Lipinski definition) is 2. The van der Waals surface area contributed by atoms with E-state index in [2.05, 4.69) is 20.4 Å². The molecule has 0 unspecified atom stereocenters. The summed E-state index contributed by atoms with van der Waals surface area (Å²) in [6.07, 6.45) is -4.17. The lowest BCUT2D eigenvalue weighted by atomic mass is 9.83. The first-order chi connectivity index (χ1) is 23.8. The average Bonchev–Trinajstić information content (AvgIpc) is 3.66. The Morgan fingerprint density at radius 1 is 1.24 bits per heavy atom. The molecule has 3 aromatic heterocycles. The number of amides is 2. The second kappa shape index (κ2) is 12.5. The molecule has 3 aliphatic heterocycles. The van der Waals surface area contributed by atoms with Crippen LogP contribution in [0, 0.1) is 0 Å². The van der Waals surface area contributed by atoms with Crippen molar-refractivity contribution in [2.24, 2.45) is 0 Å². The molecule has 2 amide bonds. The van der Waals surface area contributed by atoms with Crippen molar-refractivity contribution >= 4 is 40.5 Å². The van der Waals surface area contributed by atoms with E-state index >= 15 is 4.39 Å². The first kappa shape index (κ1) is 33.6. The Hall–Kier alpha value is -4.87. The van der Waals surface area contributed by atoms with Crippen LogP contribution < -0.4 is 10.9 Å². The molecule has 3 atom stereocenters. The van der Waals surface area contributed by atoms with Crippen LogP contribution in [0.1, 0.15) is 59.0 Å². The van der Waals surface area contributed by atoms with Crippen molar-refractivity contribution in [2.45, 2.75) is 50.4 Å². The van der Waals surface area contributed by atoms with E-state index in [1.165, 1.54) is 27.8 Å². The molecule has 7 rings (SSSR count). The highest BCUT2D eigenvalue weighted by Gasteiger charge is 2.56. The number of fused-ring (bicyclic) bond motifs is 3. The summed E-state index contributed by atoms with van der Waals surface area (Å²) in [5, 5.41) is 16.7. The lowest BCUT2D eigenvalue weighted by molar-refractivity contribution is -0.143. The van der Waals surface area contributed by atoms with Crippen LogP contribution >= 0.6 is 11.6 Å². The molecule has 1 aromatic carbocycles. The Labute approximate surface area is 285 Å². The molecule has 0 radical (unpaired) electrons. The molecule has 0 saturated carbocycles. The van der Waals surface area contributed by atoms with E-state index < -0.39 is 60.1 Å². The quantitative estimate of drug-likeness (QED) is 0.288. The number of nitrogens with zero attached hydrogens (tertiary/aromatic N) is 6. The maximum Gasteiger partial charge on any atom is 0.416 e. The van der Waals surface area contributed by atoms with Gasteiger partial charge in [-0.2, -0.15) is 22.7 Å². The van der Waals surface area contributed by atoms with Gasteiger partial charge in [0, 0.05) is 19.2 Å². The van der Waals surface area contributed by atoms with Crippen LogP contribution in [-0.2, 0) is 32.6 Å². The van der Waals surface area contributed by atoms with Crippen LogP contribution in [0.25, 0.3) is 11.4 Å². The minimum atomic E-state index is -4.65. The summed E-state index contributed by atoms with van der Waals surface area (Å²) in [6.45, 7) is 1.17. The topological polar surface area (TPSA) is 153 Å².